The van der Waals surface area contributed by atoms with Crippen LogP contribution in [0.5, 0.6) is 0 Å². The molecule has 39 heavy (non-hydrogen) atoms. The maximum absolute atomic E-state index is 14.1. The molecule has 3 amide bonds. The van der Waals surface area contributed by atoms with Crippen LogP contribution >= 0.6 is 12.4 Å². The number of nitrogens with zero attached hydrogens (tertiary/aromatic N) is 2. The van der Waals surface area contributed by atoms with Crippen LogP contribution in [-0.2, 0) is 27.5 Å². The molecule has 0 aliphatic carbocycles. The summed E-state index contributed by atoms with van der Waals surface area (Å²) in [5, 5.41) is 2.67. The van der Waals surface area contributed by atoms with Crippen LogP contribution in [0.1, 0.15) is 38.3 Å². The largest absolute Gasteiger partial charge is 0.352 e. The molecule has 1 heterocycles. The monoisotopic (exact) mass is 552 g/mol. The van der Waals surface area contributed by atoms with E-state index >= 15 is 0 Å². The summed E-state index contributed by atoms with van der Waals surface area (Å²) in [6, 6.07) is 20.6. The summed E-state index contributed by atoms with van der Waals surface area (Å²) in [4.78, 5) is 44.1. The summed E-state index contributed by atoms with van der Waals surface area (Å²) in [6.45, 7) is 6.69. The van der Waals surface area contributed by atoms with Crippen LogP contribution in [0, 0.1) is 17.2 Å². The van der Waals surface area contributed by atoms with Gasteiger partial charge in [0.1, 0.15) is 11.7 Å². The zero-order valence-corrected chi connectivity index (χ0v) is 23.1. The second-order valence-electron chi connectivity index (χ2n) is 10.6. The Labute approximate surface area is 234 Å². The molecule has 3 aromatic rings. The van der Waals surface area contributed by atoms with E-state index in [1.165, 1.54) is 11.0 Å². The third kappa shape index (κ3) is 6.82. The number of anilines is 3. The van der Waals surface area contributed by atoms with E-state index in [1.807, 2.05) is 51.1 Å². The van der Waals surface area contributed by atoms with Crippen molar-refractivity contribution in [2.24, 2.45) is 17.1 Å². The molecule has 3 N–H and O–H groups in total. The second-order valence-corrected chi connectivity index (χ2v) is 10.6. The van der Waals surface area contributed by atoms with Gasteiger partial charge in [0.05, 0.1) is 11.4 Å². The molecule has 0 saturated carbocycles. The van der Waals surface area contributed by atoms with E-state index in [-0.39, 0.29) is 30.8 Å². The number of rotatable bonds is 7. The molecule has 1 unspecified atom stereocenters. The Bertz CT molecular complexity index is 1340. The standard InChI is InChI=1S/C30H33FN4O3.ClH/c1-30(2,3)19-34-25-10-6-7-11-26(25)35(22-14-12-20(17-32)13-15-22)29(38)23(28(34)37)16-27(36)33-18-21-8-4-5-9-24(21)31;/h4-15,23H,16-19,32H2,1-3H3,(H,33,36);1H. The molecule has 9 heteroatoms. The number of halogens is 2. The topological polar surface area (TPSA) is 95.7 Å². The molecule has 7 nitrogen and oxygen atoms in total. The molecular formula is C30H34ClFN4O3. The van der Waals surface area contributed by atoms with Crippen molar-refractivity contribution in [3.05, 3.63) is 89.7 Å². The van der Waals surface area contributed by atoms with Gasteiger partial charge in [-0.3, -0.25) is 19.3 Å². The zero-order chi connectivity index (χ0) is 27.4. The minimum absolute atomic E-state index is 0. The van der Waals surface area contributed by atoms with E-state index in [1.54, 1.807) is 41.3 Å². The average molecular weight is 553 g/mol. The van der Waals surface area contributed by atoms with Crippen molar-refractivity contribution in [3.63, 3.8) is 0 Å². The lowest BCUT2D eigenvalue weighted by Crippen LogP contribution is -2.45. The van der Waals surface area contributed by atoms with Gasteiger partial charge in [0, 0.05) is 37.3 Å². The van der Waals surface area contributed by atoms with Gasteiger partial charge in [0.2, 0.25) is 17.7 Å². The third-order valence-corrected chi connectivity index (χ3v) is 6.38. The molecule has 1 aliphatic heterocycles. The normalized spacial score (nSPS) is 15.4. The van der Waals surface area contributed by atoms with Gasteiger partial charge in [-0.05, 0) is 41.3 Å². The molecule has 0 spiro atoms. The van der Waals surface area contributed by atoms with Crippen LogP contribution in [0.15, 0.2) is 72.8 Å². The van der Waals surface area contributed by atoms with Crippen molar-refractivity contribution in [3.8, 4) is 0 Å². The number of fused-ring (bicyclic) bond motifs is 1. The molecule has 0 bridgehead atoms. The van der Waals surface area contributed by atoms with Crippen LogP contribution < -0.4 is 20.9 Å². The summed E-state index contributed by atoms with van der Waals surface area (Å²) in [6.07, 6.45) is -0.363. The number of carbonyl (C=O) groups excluding carboxylic acids is 3. The van der Waals surface area contributed by atoms with Crippen molar-refractivity contribution in [2.75, 3.05) is 16.3 Å². The Morgan fingerprint density at radius 1 is 0.923 bits per heavy atom. The summed E-state index contributed by atoms with van der Waals surface area (Å²) < 4.78 is 14.0. The maximum atomic E-state index is 14.1. The van der Waals surface area contributed by atoms with Gasteiger partial charge in [-0.15, -0.1) is 12.4 Å². The van der Waals surface area contributed by atoms with Crippen molar-refractivity contribution < 1.29 is 18.8 Å². The number of hydrogen-bond acceptors (Lipinski definition) is 4. The third-order valence-electron chi connectivity index (χ3n) is 6.38. The Hall–Kier alpha value is -3.75. The number of hydrogen-bond donors (Lipinski definition) is 2. The first-order chi connectivity index (χ1) is 18.1. The van der Waals surface area contributed by atoms with Crippen molar-refractivity contribution in [1.29, 1.82) is 0 Å². The Morgan fingerprint density at radius 2 is 1.54 bits per heavy atom. The fourth-order valence-electron chi connectivity index (χ4n) is 4.52. The van der Waals surface area contributed by atoms with Crippen LogP contribution in [0.3, 0.4) is 0 Å². The lowest BCUT2D eigenvalue weighted by molar-refractivity contribution is -0.136. The van der Waals surface area contributed by atoms with E-state index in [9.17, 15) is 18.8 Å². The van der Waals surface area contributed by atoms with Gasteiger partial charge in [0.15, 0.2) is 0 Å². The van der Waals surface area contributed by atoms with E-state index < -0.39 is 29.5 Å². The summed E-state index contributed by atoms with van der Waals surface area (Å²) >= 11 is 0. The van der Waals surface area contributed by atoms with E-state index in [0.29, 0.717) is 35.7 Å². The Kier molecular flexibility index (Phi) is 9.48. The molecule has 0 saturated heterocycles. The fraction of sp³-hybridized carbons (Fsp3) is 0.300. The Balaban J connectivity index is 0.00000420. The SMILES string of the molecule is CC(C)(C)CN1C(=O)C(CC(=O)NCc2ccccc2F)C(=O)N(c2ccc(CN)cc2)c2ccccc21.Cl. The van der Waals surface area contributed by atoms with Gasteiger partial charge in [0.25, 0.3) is 0 Å². The number of benzene rings is 3. The van der Waals surface area contributed by atoms with Gasteiger partial charge in [-0.2, -0.15) is 0 Å². The first-order valence-corrected chi connectivity index (χ1v) is 12.6. The molecule has 1 atom stereocenters. The van der Waals surface area contributed by atoms with Crippen molar-refractivity contribution in [2.45, 2.75) is 40.3 Å². The minimum atomic E-state index is -1.26. The highest BCUT2D eigenvalue weighted by atomic mass is 35.5. The molecule has 1 aliphatic rings. The van der Waals surface area contributed by atoms with Crippen LogP contribution in [0.4, 0.5) is 21.5 Å². The summed E-state index contributed by atoms with van der Waals surface area (Å²) in [5.74, 6) is -3.16. The molecule has 0 aromatic heterocycles. The van der Waals surface area contributed by atoms with E-state index in [4.69, 9.17) is 5.73 Å². The van der Waals surface area contributed by atoms with Crippen LogP contribution in [0.2, 0.25) is 0 Å². The first kappa shape index (κ1) is 29.8. The van der Waals surface area contributed by atoms with E-state index in [2.05, 4.69) is 5.32 Å². The lowest BCUT2D eigenvalue weighted by Gasteiger charge is -2.31. The zero-order valence-electron chi connectivity index (χ0n) is 22.3. The van der Waals surface area contributed by atoms with Gasteiger partial charge in [-0.25, -0.2) is 4.39 Å². The predicted molar refractivity (Wildman–Crippen MR) is 153 cm³/mol. The fourth-order valence-corrected chi connectivity index (χ4v) is 4.52. The minimum Gasteiger partial charge on any atom is -0.352 e. The highest BCUT2D eigenvalue weighted by molar-refractivity contribution is 6.21. The summed E-state index contributed by atoms with van der Waals surface area (Å²) in [5.41, 5.74) is 8.43. The highest BCUT2D eigenvalue weighted by Gasteiger charge is 2.42. The molecular weight excluding hydrogens is 519 g/mol. The van der Waals surface area contributed by atoms with Crippen molar-refractivity contribution in [1.82, 2.24) is 5.32 Å². The average Bonchev–Trinajstić information content (AvgIpc) is 2.97. The number of carbonyl (C=O) groups is 3. The maximum Gasteiger partial charge on any atom is 0.244 e. The van der Waals surface area contributed by atoms with Gasteiger partial charge < -0.3 is 16.0 Å². The van der Waals surface area contributed by atoms with Crippen molar-refractivity contribution >= 4 is 47.2 Å². The molecule has 0 fully saturated rings. The van der Waals surface area contributed by atoms with E-state index in [0.717, 1.165) is 5.56 Å². The number of nitrogens with two attached hydrogens (primary N) is 1. The highest BCUT2D eigenvalue weighted by Crippen LogP contribution is 2.41. The predicted octanol–water partition coefficient (Wildman–Crippen LogP) is 5.09. The lowest BCUT2D eigenvalue weighted by atomic mass is 9.94. The molecule has 3 aromatic carbocycles. The van der Waals surface area contributed by atoms with Crippen LogP contribution in [-0.4, -0.2) is 24.3 Å². The smallest absolute Gasteiger partial charge is 0.244 e. The molecule has 206 valence electrons. The quantitative estimate of drug-likeness (QED) is 0.399. The number of nitrogens with one attached hydrogen (secondary N) is 1. The second kappa shape index (κ2) is 12.4. The number of amides is 3. The Morgan fingerprint density at radius 3 is 2.15 bits per heavy atom. The van der Waals surface area contributed by atoms with Gasteiger partial charge >= 0.3 is 0 Å². The first-order valence-electron chi connectivity index (χ1n) is 12.6. The van der Waals surface area contributed by atoms with Crippen LogP contribution in [0.25, 0.3) is 0 Å². The summed E-state index contributed by atoms with van der Waals surface area (Å²) in [7, 11) is 0. The van der Waals surface area contributed by atoms with Gasteiger partial charge in [-0.1, -0.05) is 63.2 Å². The number of para-hydroxylation sites is 2. The molecule has 0 radical (unpaired) electrons. The molecule has 4 rings (SSSR count).